The Morgan fingerprint density at radius 3 is 2.65 bits per heavy atom. The first kappa shape index (κ1) is 22.9. The van der Waals surface area contributed by atoms with Crippen LogP contribution in [0.25, 0.3) is 5.57 Å². The third-order valence-corrected chi connectivity index (χ3v) is 5.68. The summed E-state index contributed by atoms with van der Waals surface area (Å²) in [4.78, 5) is 14.5. The van der Waals surface area contributed by atoms with Gasteiger partial charge in [0.15, 0.2) is 6.61 Å². The second-order valence-electron chi connectivity index (χ2n) is 8.68. The number of benzene rings is 2. The first-order valence-electron chi connectivity index (χ1n) is 10.4. The van der Waals surface area contributed by atoms with Crippen LogP contribution in [0.2, 0.25) is 5.02 Å². The lowest BCUT2D eigenvalue weighted by Gasteiger charge is -2.46. The molecule has 2 aromatic carbocycles. The molecule has 0 radical (unpaired) electrons. The molecule has 1 aliphatic rings. The number of nitrogens with zero attached hydrogens (tertiary/aromatic N) is 2. The summed E-state index contributed by atoms with van der Waals surface area (Å²) in [6.07, 6.45) is 3.98. The Balaban J connectivity index is 1.73. The van der Waals surface area contributed by atoms with Crippen molar-refractivity contribution in [1.29, 1.82) is 0 Å². The van der Waals surface area contributed by atoms with Crippen molar-refractivity contribution in [2.75, 3.05) is 11.5 Å². The number of ether oxygens (including phenoxy) is 1. The number of carbonyl (C=O) groups is 1. The van der Waals surface area contributed by atoms with Crippen LogP contribution >= 0.6 is 11.6 Å². The van der Waals surface area contributed by atoms with Crippen molar-refractivity contribution in [3.05, 3.63) is 64.2 Å². The molecule has 1 heterocycles. The number of nitrogens with one attached hydrogen (secondary N) is 1. The number of fused-ring (bicyclic) bond motifs is 1. The highest BCUT2D eigenvalue weighted by Gasteiger charge is 2.33. The van der Waals surface area contributed by atoms with E-state index in [-0.39, 0.29) is 18.1 Å². The van der Waals surface area contributed by atoms with Crippen molar-refractivity contribution in [1.82, 2.24) is 5.43 Å². The highest BCUT2D eigenvalue weighted by atomic mass is 35.5. The van der Waals surface area contributed by atoms with E-state index in [2.05, 4.69) is 75.2 Å². The van der Waals surface area contributed by atoms with Crippen LogP contribution in [0.5, 0.6) is 5.75 Å². The molecule has 0 spiro atoms. The van der Waals surface area contributed by atoms with E-state index in [9.17, 15) is 4.79 Å². The van der Waals surface area contributed by atoms with Crippen molar-refractivity contribution in [2.24, 2.45) is 5.10 Å². The molecule has 31 heavy (non-hydrogen) atoms. The molecule has 2 aromatic rings. The molecular weight excluding hydrogens is 410 g/mol. The second-order valence-corrected chi connectivity index (χ2v) is 9.09. The smallest absolute Gasteiger partial charge is 0.277 e. The van der Waals surface area contributed by atoms with E-state index in [0.717, 1.165) is 11.1 Å². The normalized spacial score (nSPS) is 15.1. The summed E-state index contributed by atoms with van der Waals surface area (Å²) in [5.41, 5.74) is 8.18. The van der Waals surface area contributed by atoms with Crippen LogP contribution in [0.3, 0.4) is 0 Å². The minimum absolute atomic E-state index is 0.0527. The molecule has 6 heteroatoms. The molecule has 0 saturated heterocycles. The van der Waals surface area contributed by atoms with Gasteiger partial charge in [-0.2, -0.15) is 5.10 Å². The zero-order valence-electron chi connectivity index (χ0n) is 19.0. The molecule has 0 bridgehead atoms. The Hall–Kier alpha value is -2.79. The fraction of sp³-hybridized carbons (Fsp3) is 0.360. The van der Waals surface area contributed by atoms with Gasteiger partial charge in [0.25, 0.3) is 5.91 Å². The Labute approximate surface area is 189 Å². The number of allylic oxidation sites excluding steroid dienone is 1. The minimum atomic E-state index is -0.351. The van der Waals surface area contributed by atoms with Crippen molar-refractivity contribution >= 4 is 35.0 Å². The van der Waals surface area contributed by atoms with Gasteiger partial charge in [-0.3, -0.25) is 4.79 Å². The number of hydrogen-bond donors (Lipinski definition) is 1. The number of amides is 1. The molecule has 0 unspecified atom stereocenters. The number of halogens is 1. The summed E-state index contributed by atoms with van der Waals surface area (Å²) in [5, 5.41) is 4.59. The Morgan fingerprint density at radius 1 is 1.26 bits per heavy atom. The first-order valence-corrected chi connectivity index (χ1v) is 10.8. The third-order valence-electron chi connectivity index (χ3n) is 5.36. The zero-order valence-corrected chi connectivity index (χ0v) is 19.7. The molecule has 3 rings (SSSR count). The third kappa shape index (κ3) is 5.10. The van der Waals surface area contributed by atoms with Crippen LogP contribution < -0.4 is 15.1 Å². The van der Waals surface area contributed by atoms with Gasteiger partial charge < -0.3 is 9.64 Å². The number of carbonyl (C=O) groups excluding carboxylic acids is 1. The number of para-hydroxylation sites is 1. The maximum Gasteiger partial charge on any atom is 0.277 e. The molecule has 0 aromatic heterocycles. The van der Waals surface area contributed by atoms with Gasteiger partial charge in [-0.05, 0) is 82.5 Å². The average Bonchev–Trinajstić information content (AvgIpc) is 2.67. The molecule has 5 nitrogen and oxygen atoms in total. The lowest BCUT2D eigenvalue weighted by Crippen LogP contribution is -2.49. The quantitative estimate of drug-likeness (QED) is 0.471. The maximum atomic E-state index is 12.1. The van der Waals surface area contributed by atoms with Crippen molar-refractivity contribution in [2.45, 2.75) is 53.1 Å². The van der Waals surface area contributed by atoms with Crippen LogP contribution in [0, 0.1) is 6.92 Å². The summed E-state index contributed by atoms with van der Waals surface area (Å²) in [7, 11) is 0. The Bertz CT molecular complexity index is 1040. The molecule has 1 amide bonds. The van der Waals surface area contributed by atoms with Crippen LogP contribution in [-0.2, 0) is 4.79 Å². The molecular formula is C25H30ClN3O2. The number of anilines is 1. The lowest BCUT2D eigenvalue weighted by molar-refractivity contribution is -0.123. The van der Waals surface area contributed by atoms with E-state index in [1.807, 2.05) is 0 Å². The number of hydrazone groups is 1. The number of hydrogen-bond acceptors (Lipinski definition) is 4. The molecule has 0 atom stereocenters. The maximum absolute atomic E-state index is 12.1. The SMILES string of the molecule is CC1=CC(C)(C)N(C(C)C)c2cc(C)c(/C=N/NC(=O)COc3ccccc3Cl)cc21. The fourth-order valence-corrected chi connectivity index (χ4v) is 4.40. The van der Waals surface area contributed by atoms with Gasteiger partial charge in [0.05, 0.1) is 16.8 Å². The van der Waals surface area contributed by atoms with Gasteiger partial charge in [-0.15, -0.1) is 0 Å². The standard InChI is InChI=1S/C25H30ClN3O2/c1-16(2)29-22-11-17(3)19(12-20(22)18(4)13-25(29,5)6)14-27-28-24(30)15-31-23-10-8-7-9-21(23)26/h7-14,16H,15H2,1-6H3,(H,28,30)/b27-14+. The second kappa shape index (κ2) is 9.15. The van der Waals surface area contributed by atoms with Gasteiger partial charge in [-0.25, -0.2) is 5.43 Å². The summed E-state index contributed by atoms with van der Waals surface area (Å²) in [5.74, 6) is 0.115. The predicted molar refractivity (Wildman–Crippen MR) is 129 cm³/mol. The van der Waals surface area contributed by atoms with Crippen LogP contribution in [0.4, 0.5) is 5.69 Å². The molecule has 164 valence electrons. The lowest BCUT2D eigenvalue weighted by atomic mass is 9.86. The van der Waals surface area contributed by atoms with Crippen molar-refractivity contribution in [3.8, 4) is 5.75 Å². The topological polar surface area (TPSA) is 53.9 Å². The van der Waals surface area contributed by atoms with Crippen molar-refractivity contribution in [3.63, 3.8) is 0 Å². The van der Waals surface area contributed by atoms with E-state index in [1.165, 1.54) is 16.8 Å². The van der Waals surface area contributed by atoms with E-state index < -0.39 is 0 Å². The number of aryl methyl sites for hydroxylation is 1. The molecule has 0 fully saturated rings. The predicted octanol–water partition coefficient (Wildman–Crippen LogP) is 5.59. The van der Waals surface area contributed by atoms with Crippen LogP contribution in [-0.4, -0.2) is 30.3 Å². The largest absolute Gasteiger partial charge is 0.482 e. The van der Waals surface area contributed by atoms with Gasteiger partial charge in [0.2, 0.25) is 0 Å². The summed E-state index contributed by atoms with van der Waals surface area (Å²) in [6.45, 7) is 12.9. The Kier molecular flexibility index (Phi) is 6.75. The molecule has 1 N–H and O–H groups in total. The van der Waals surface area contributed by atoms with Gasteiger partial charge >= 0.3 is 0 Å². The summed E-state index contributed by atoms with van der Waals surface area (Å²) >= 11 is 6.03. The minimum Gasteiger partial charge on any atom is -0.482 e. The highest BCUT2D eigenvalue weighted by molar-refractivity contribution is 6.32. The van der Waals surface area contributed by atoms with E-state index in [4.69, 9.17) is 16.3 Å². The molecule has 0 aliphatic carbocycles. The highest BCUT2D eigenvalue weighted by Crippen LogP contribution is 2.41. The first-order chi connectivity index (χ1) is 14.6. The summed E-state index contributed by atoms with van der Waals surface area (Å²) < 4.78 is 5.44. The molecule has 1 aliphatic heterocycles. The Morgan fingerprint density at radius 2 is 1.97 bits per heavy atom. The average molecular weight is 440 g/mol. The number of rotatable bonds is 6. The molecule has 0 saturated carbocycles. The van der Waals surface area contributed by atoms with Crippen LogP contribution in [0.1, 0.15) is 51.3 Å². The fourth-order valence-electron chi connectivity index (χ4n) is 4.21. The van der Waals surface area contributed by atoms with Crippen molar-refractivity contribution < 1.29 is 9.53 Å². The van der Waals surface area contributed by atoms with Crippen LogP contribution in [0.15, 0.2) is 47.6 Å². The van der Waals surface area contributed by atoms with E-state index in [1.54, 1.807) is 30.5 Å². The van der Waals surface area contributed by atoms with Gasteiger partial charge in [-0.1, -0.05) is 29.8 Å². The summed E-state index contributed by atoms with van der Waals surface area (Å²) in [6, 6.07) is 11.7. The van der Waals surface area contributed by atoms with E-state index >= 15 is 0 Å². The van der Waals surface area contributed by atoms with Gasteiger partial charge in [0.1, 0.15) is 5.75 Å². The van der Waals surface area contributed by atoms with E-state index in [0.29, 0.717) is 16.8 Å². The zero-order chi connectivity index (χ0) is 22.8. The van der Waals surface area contributed by atoms with Gasteiger partial charge in [0, 0.05) is 17.3 Å². The monoisotopic (exact) mass is 439 g/mol.